The van der Waals surface area contributed by atoms with Gasteiger partial charge in [-0.3, -0.25) is 9.10 Å². The summed E-state index contributed by atoms with van der Waals surface area (Å²) in [5.41, 5.74) is 2.98. The number of sulfonamides is 1. The van der Waals surface area contributed by atoms with Crippen LogP contribution in [0.4, 0.5) is 5.69 Å². The SMILES string of the molecule is CS(=O)(=O)N(CC(=O)N/N=C\c1ccc(Cl)cc1Cl)c1ccc(Cl)c(Cl)c1. The molecule has 0 saturated heterocycles. The molecule has 0 aromatic heterocycles. The van der Waals surface area contributed by atoms with Crippen molar-refractivity contribution >= 4 is 74.2 Å². The van der Waals surface area contributed by atoms with Crippen molar-refractivity contribution in [3.05, 3.63) is 62.1 Å². The molecular formula is C16H13Cl4N3O3S. The van der Waals surface area contributed by atoms with Crippen molar-refractivity contribution in [2.24, 2.45) is 5.10 Å². The van der Waals surface area contributed by atoms with E-state index >= 15 is 0 Å². The van der Waals surface area contributed by atoms with Gasteiger partial charge >= 0.3 is 0 Å². The average molecular weight is 469 g/mol. The quantitative estimate of drug-likeness (QED) is 0.509. The van der Waals surface area contributed by atoms with E-state index in [4.69, 9.17) is 46.4 Å². The summed E-state index contributed by atoms with van der Waals surface area (Å²) < 4.78 is 25.0. The fourth-order valence-corrected chi connectivity index (χ4v) is 3.58. The van der Waals surface area contributed by atoms with Gasteiger partial charge in [-0.2, -0.15) is 5.10 Å². The molecule has 0 unspecified atom stereocenters. The van der Waals surface area contributed by atoms with Gasteiger partial charge < -0.3 is 0 Å². The molecular weight excluding hydrogens is 456 g/mol. The van der Waals surface area contributed by atoms with E-state index in [1.165, 1.54) is 30.5 Å². The third kappa shape index (κ3) is 6.26. The van der Waals surface area contributed by atoms with Gasteiger partial charge in [-0.25, -0.2) is 13.8 Å². The Morgan fingerprint density at radius 1 is 1.07 bits per heavy atom. The van der Waals surface area contributed by atoms with Crippen molar-refractivity contribution in [2.45, 2.75) is 0 Å². The van der Waals surface area contributed by atoms with Crippen LogP contribution in [-0.2, 0) is 14.8 Å². The van der Waals surface area contributed by atoms with Crippen LogP contribution >= 0.6 is 46.4 Å². The topological polar surface area (TPSA) is 78.8 Å². The first-order chi connectivity index (χ1) is 12.6. The van der Waals surface area contributed by atoms with Crippen LogP contribution in [0.1, 0.15) is 5.56 Å². The number of hydrogen-bond donors (Lipinski definition) is 1. The van der Waals surface area contributed by atoms with Crippen LogP contribution in [0, 0.1) is 0 Å². The minimum atomic E-state index is -3.75. The van der Waals surface area contributed by atoms with Crippen LogP contribution in [0.3, 0.4) is 0 Å². The minimum absolute atomic E-state index is 0.165. The average Bonchev–Trinajstić information content (AvgIpc) is 2.56. The van der Waals surface area contributed by atoms with E-state index in [1.54, 1.807) is 12.1 Å². The summed E-state index contributed by atoms with van der Waals surface area (Å²) in [4.78, 5) is 12.1. The van der Waals surface area contributed by atoms with Gasteiger partial charge in [0.1, 0.15) is 6.54 Å². The van der Waals surface area contributed by atoms with Crippen LogP contribution in [0.25, 0.3) is 0 Å². The highest BCUT2D eigenvalue weighted by molar-refractivity contribution is 7.92. The van der Waals surface area contributed by atoms with E-state index in [0.29, 0.717) is 15.6 Å². The van der Waals surface area contributed by atoms with Crippen LogP contribution in [0.2, 0.25) is 20.1 Å². The summed E-state index contributed by atoms with van der Waals surface area (Å²) in [5.74, 6) is -0.659. The van der Waals surface area contributed by atoms with Crippen LogP contribution in [0.15, 0.2) is 41.5 Å². The molecule has 0 heterocycles. The van der Waals surface area contributed by atoms with Crippen LogP contribution < -0.4 is 9.73 Å². The summed E-state index contributed by atoms with van der Waals surface area (Å²) in [5, 5.41) is 5.02. The zero-order chi connectivity index (χ0) is 20.2. The number of hydrogen-bond acceptors (Lipinski definition) is 4. The lowest BCUT2D eigenvalue weighted by molar-refractivity contribution is -0.119. The maximum absolute atomic E-state index is 12.1. The van der Waals surface area contributed by atoms with Crippen molar-refractivity contribution < 1.29 is 13.2 Å². The summed E-state index contributed by atoms with van der Waals surface area (Å²) in [7, 11) is -3.75. The number of carbonyl (C=O) groups excluding carboxylic acids is 1. The maximum Gasteiger partial charge on any atom is 0.260 e. The zero-order valence-corrected chi connectivity index (χ0v) is 17.6. The van der Waals surface area contributed by atoms with E-state index in [0.717, 1.165) is 10.6 Å². The zero-order valence-electron chi connectivity index (χ0n) is 13.8. The largest absolute Gasteiger partial charge is 0.271 e. The summed E-state index contributed by atoms with van der Waals surface area (Å²) in [6.07, 6.45) is 2.29. The predicted octanol–water partition coefficient (Wildman–Crippen LogP) is 4.22. The van der Waals surface area contributed by atoms with Gasteiger partial charge in [-0.1, -0.05) is 52.5 Å². The molecule has 0 atom stereocenters. The fraction of sp³-hybridized carbons (Fsp3) is 0.125. The molecule has 0 aliphatic heterocycles. The monoisotopic (exact) mass is 467 g/mol. The number of nitrogens with one attached hydrogen (secondary N) is 1. The number of rotatable bonds is 6. The van der Waals surface area contributed by atoms with Crippen molar-refractivity contribution in [1.82, 2.24) is 5.43 Å². The summed E-state index contributed by atoms with van der Waals surface area (Å²) >= 11 is 23.6. The molecule has 11 heteroatoms. The molecule has 0 fully saturated rings. The molecule has 144 valence electrons. The van der Waals surface area contributed by atoms with E-state index in [1.807, 2.05) is 0 Å². The summed E-state index contributed by atoms with van der Waals surface area (Å²) in [6.45, 7) is -0.498. The molecule has 1 amide bonds. The van der Waals surface area contributed by atoms with Gasteiger partial charge in [0.05, 0.1) is 33.2 Å². The van der Waals surface area contributed by atoms with E-state index in [-0.39, 0.29) is 15.7 Å². The van der Waals surface area contributed by atoms with Gasteiger partial charge in [-0.05, 0) is 30.3 Å². The van der Waals surface area contributed by atoms with Crippen molar-refractivity contribution in [3.63, 3.8) is 0 Å². The first kappa shape index (κ1) is 21.8. The molecule has 6 nitrogen and oxygen atoms in total. The first-order valence-electron chi connectivity index (χ1n) is 7.27. The number of amides is 1. The van der Waals surface area contributed by atoms with Crippen LogP contribution in [-0.4, -0.2) is 33.3 Å². The maximum atomic E-state index is 12.1. The molecule has 0 spiro atoms. The Hall–Kier alpha value is -1.51. The number of nitrogens with zero attached hydrogens (tertiary/aromatic N) is 2. The first-order valence-corrected chi connectivity index (χ1v) is 10.6. The molecule has 0 aliphatic rings. The Balaban J connectivity index is 2.12. The number of carbonyl (C=O) groups is 1. The number of benzene rings is 2. The Kier molecular flexibility index (Phi) is 7.36. The van der Waals surface area contributed by atoms with E-state index in [2.05, 4.69) is 10.5 Å². The fourth-order valence-electron chi connectivity index (χ4n) is 1.99. The Morgan fingerprint density at radius 3 is 2.37 bits per heavy atom. The Morgan fingerprint density at radius 2 is 1.78 bits per heavy atom. The van der Waals surface area contributed by atoms with Crippen LogP contribution in [0.5, 0.6) is 0 Å². The second-order valence-electron chi connectivity index (χ2n) is 5.33. The smallest absolute Gasteiger partial charge is 0.260 e. The predicted molar refractivity (Wildman–Crippen MR) is 111 cm³/mol. The van der Waals surface area contributed by atoms with Gasteiger partial charge in [0, 0.05) is 10.6 Å². The lowest BCUT2D eigenvalue weighted by atomic mass is 10.2. The Labute approximate surface area is 176 Å². The second kappa shape index (κ2) is 9.12. The normalized spacial score (nSPS) is 11.6. The molecule has 27 heavy (non-hydrogen) atoms. The number of anilines is 1. The van der Waals surface area contributed by atoms with Gasteiger partial charge in [0.25, 0.3) is 5.91 Å². The van der Waals surface area contributed by atoms with Gasteiger partial charge in [0.15, 0.2) is 0 Å². The van der Waals surface area contributed by atoms with Crippen molar-refractivity contribution in [3.8, 4) is 0 Å². The summed E-state index contributed by atoms with van der Waals surface area (Å²) in [6, 6.07) is 9.01. The number of halogens is 4. The second-order valence-corrected chi connectivity index (χ2v) is 8.89. The van der Waals surface area contributed by atoms with Gasteiger partial charge in [-0.15, -0.1) is 0 Å². The standard InChI is InChI=1S/C16H13Cl4N3O3S/c1-27(25,26)23(12-4-5-13(18)15(20)7-12)9-16(24)22-21-8-10-2-3-11(17)6-14(10)19/h2-8H,9H2,1H3,(H,22,24)/b21-8-. The highest BCUT2D eigenvalue weighted by Crippen LogP contribution is 2.28. The minimum Gasteiger partial charge on any atom is -0.271 e. The third-order valence-electron chi connectivity index (χ3n) is 3.23. The molecule has 0 bridgehead atoms. The molecule has 1 N–H and O–H groups in total. The molecule has 2 aromatic carbocycles. The highest BCUT2D eigenvalue weighted by Gasteiger charge is 2.21. The highest BCUT2D eigenvalue weighted by atomic mass is 35.5. The van der Waals surface area contributed by atoms with Crippen molar-refractivity contribution in [1.29, 1.82) is 0 Å². The van der Waals surface area contributed by atoms with E-state index < -0.39 is 22.5 Å². The molecule has 0 aliphatic carbocycles. The van der Waals surface area contributed by atoms with E-state index in [9.17, 15) is 13.2 Å². The molecule has 0 radical (unpaired) electrons. The lowest BCUT2D eigenvalue weighted by Gasteiger charge is -2.21. The molecule has 2 rings (SSSR count). The number of hydrazone groups is 1. The van der Waals surface area contributed by atoms with Gasteiger partial charge in [0.2, 0.25) is 10.0 Å². The third-order valence-corrected chi connectivity index (χ3v) is 5.68. The van der Waals surface area contributed by atoms with Crippen molar-refractivity contribution in [2.75, 3.05) is 17.1 Å². The Bertz CT molecular complexity index is 996. The molecule has 0 saturated carbocycles. The lowest BCUT2D eigenvalue weighted by Crippen LogP contribution is -2.39. The molecule has 2 aromatic rings.